The minimum Gasteiger partial charge on any atom is -0.300 e. The summed E-state index contributed by atoms with van der Waals surface area (Å²) in [6.45, 7) is 11.6. The molecular formula is C18H27NO. The minimum atomic E-state index is 0.221. The average molecular weight is 273 g/mol. The van der Waals surface area contributed by atoms with Crippen LogP contribution < -0.4 is 0 Å². The fourth-order valence-corrected chi connectivity index (χ4v) is 2.87. The molecule has 1 fully saturated rings. The van der Waals surface area contributed by atoms with Crippen molar-refractivity contribution < 1.29 is 4.79 Å². The molecular weight excluding hydrogens is 246 g/mol. The standard InChI is InChI=1S/C18H27NO/c1-14(20)16-9-11-19(12-10-16)13-15-5-7-17(8-6-15)18(2,3)4/h5-8,16H,9-13H2,1-4H3. The van der Waals surface area contributed by atoms with Crippen molar-refractivity contribution in [1.29, 1.82) is 0 Å². The number of hydrogen-bond acceptors (Lipinski definition) is 2. The van der Waals surface area contributed by atoms with Crippen LogP contribution in [0.2, 0.25) is 0 Å². The van der Waals surface area contributed by atoms with Gasteiger partial charge in [-0.2, -0.15) is 0 Å². The van der Waals surface area contributed by atoms with Crippen molar-refractivity contribution in [3.63, 3.8) is 0 Å². The third kappa shape index (κ3) is 3.92. The van der Waals surface area contributed by atoms with Gasteiger partial charge in [-0.15, -0.1) is 0 Å². The zero-order chi connectivity index (χ0) is 14.8. The van der Waals surface area contributed by atoms with Gasteiger partial charge in [-0.05, 0) is 49.4 Å². The summed E-state index contributed by atoms with van der Waals surface area (Å²) in [5.74, 6) is 0.661. The molecule has 0 unspecified atom stereocenters. The summed E-state index contributed by atoms with van der Waals surface area (Å²) in [6, 6.07) is 8.99. The van der Waals surface area contributed by atoms with E-state index in [1.807, 2.05) is 0 Å². The second-order valence-electron chi connectivity index (χ2n) is 7.11. The van der Waals surface area contributed by atoms with Crippen LogP contribution in [0.4, 0.5) is 0 Å². The quantitative estimate of drug-likeness (QED) is 0.835. The summed E-state index contributed by atoms with van der Waals surface area (Å²) >= 11 is 0. The second kappa shape index (κ2) is 6.09. The first-order valence-corrected chi connectivity index (χ1v) is 7.68. The highest BCUT2D eigenvalue weighted by Crippen LogP contribution is 2.23. The van der Waals surface area contributed by atoms with Crippen molar-refractivity contribution in [3.8, 4) is 0 Å². The lowest BCUT2D eigenvalue weighted by molar-refractivity contribution is -0.122. The van der Waals surface area contributed by atoms with E-state index in [2.05, 4.69) is 49.9 Å². The van der Waals surface area contributed by atoms with Crippen molar-refractivity contribution in [2.24, 2.45) is 5.92 Å². The smallest absolute Gasteiger partial charge is 0.133 e. The molecule has 20 heavy (non-hydrogen) atoms. The van der Waals surface area contributed by atoms with Gasteiger partial charge in [0, 0.05) is 12.5 Å². The predicted octanol–water partition coefficient (Wildman–Crippen LogP) is 3.79. The van der Waals surface area contributed by atoms with Gasteiger partial charge in [0.15, 0.2) is 0 Å². The highest BCUT2D eigenvalue weighted by atomic mass is 16.1. The Balaban J connectivity index is 1.90. The summed E-state index contributed by atoms with van der Waals surface area (Å²) < 4.78 is 0. The second-order valence-corrected chi connectivity index (χ2v) is 7.11. The monoisotopic (exact) mass is 273 g/mol. The van der Waals surface area contributed by atoms with E-state index in [1.165, 1.54) is 11.1 Å². The number of hydrogen-bond donors (Lipinski definition) is 0. The average Bonchev–Trinajstić information content (AvgIpc) is 2.39. The third-order valence-corrected chi connectivity index (χ3v) is 4.39. The Hall–Kier alpha value is -1.15. The van der Waals surface area contributed by atoms with Crippen molar-refractivity contribution >= 4 is 5.78 Å². The summed E-state index contributed by atoms with van der Waals surface area (Å²) in [5, 5.41) is 0. The van der Waals surface area contributed by atoms with Gasteiger partial charge in [0.2, 0.25) is 0 Å². The maximum Gasteiger partial charge on any atom is 0.133 e. The zero-order valence-corrected chi connectivity index (χ0v) is 13.3. The van der Waals surface area contributed by atoms with Crippen LogP contribution in [0, 0.1) is 5.92 Å². The van der Waals surface area contributed by atoms with E-state index < -0.39 is 0 Å². The number of carbonyl (C=O) groups excluding carboxylic acids is 1. The largest absolute Gasteiger partial charge is 0.300 e. The SMILES string of the molecule is CC(=O)C1CCN(Cc2ccc(C(C)(C)C)cc2)CC1. The molecule has 2 rings (SSSR count). The van der Waals surface area contributed by atoms with E-state index in [0.29, 0.717) is 11.7 Å². The molecule has 1 heterocycles. The molecule has 0 aliphatic carbocycles. The molecule has 0 saturated carbocycles. The summed E-state index contributed by atoms with van der Waals surface area (Å²) in [7, 11) is 0. The van der Waals surface area contributed by atoms with E-state index in [1.54, 1.807) is 6.92 Å². The van der Waals surface area contributed by atoms with Gasteiger partial charge in [-0.3, -0.25) is 9.69 Å². The first-order chi connectivity index (χ1) is 9.36. The lowest BCUT2D eigenvalue weighted by Crippen LogP contribution is -2.35. The zero-order valence-electron chi connectivity index (χ0n) is 13.3. The first-order valence-electron chi connectivity index (χ1n) is 7.68. The number of benzene rings is 1. The van der Waals surface area contributed by atoms with Gasteiger partial charge < -0.3 is 0 Å². The predicted molar refractivity (Wildman–Crippen MR) is 83.8 cm³/mol. The maximum atomic E-state index is 11.4. The molecule has 1 aromatic carbocycles. The molecule has 2 heteroatoms. The number of nitrogens with zero attached hydrogens (tertiary/aromatic N) is 1. The van der Waals surface area contributed by atoms with Crippen LogP contribution >= 0.6 is 0 Å². The number of carbonyl (C=O) groups is 1. The fourth-order valence-electron chi connectivity index (χ4n) is 2.87. The van der Waals surface area contributed by atoms with Gasteiger partial charge in [-0.1, -0.05) is 45.0 Å². The van der Waals surface area contributed by atoms with Gasteiger partial charge in [0.25, 0.3) is 0 Å². The topological polar surface area (TPSA) is 20.3 Å². The third-order valence-electron chi connectivity index (χ3n) is 4.39. The van der Waals surface area contributed by atoms with Crippen molar-refractivity contribution in [3.05, 3.63) is 35.4 Å². The van der Waals surface area contributed by atoms with Crippen LogP contribution in [-0.4, -0.2) is 23.8 Å². The molecule has 0 amide bonds. The van der Waals surface area contributed by atoms with E-state index in [9.17, 15) is 4.79 Å². The Labute approximate surface area is 123 Å². The van der Waals surface area contributed by atoms with Crippen LogP contribution in [0.3, 0.4) is 0 Å². The van der Waals surface area contributed by atoms with Crippen LogP contribution in [0.1, 0.15) is 51.7 Å². The molecule has 1 aliphatic heterocycles. The molecule has 0 bridgehead atoms. The highest BCUT2D eigenvalue weighted by molar-refractivity contribution is 5.78. The van der Waals surface area contributed by atoms with E-state index in [4.69, 9.17) is 0 Å². The summed E-state index contributed by atoms with van der Waals surface area (Å²) in [5.41, 5.74) is 2.98. The summed E-state index contributed by atoms with van der Waals surface area (Å²) in [4.78, 5) is 13.8. The fraction of sp³-hybridized carbons (Fsp3) is 0.611. The van der Waals surface area contributed by atoms with Crippen molar-refractivity contribution in [1.82, 2.24) is 4.90 Å². The maximum absolute atomic E-state index is 11.4. The number of ketones is 1. The Morgan fingerprint density at radius 2 is 1.70 bits per heavy atom. The Morgan fingerprint density at radius 1 is 1.15 bits per heavy atom. The summed E-state index contributed by atoms with van der Waals surface area (Å²) in [6.07, 6.45) is 2.05. The Morgan fingerprint density at radius 3 is 2.15 bits per heavy atom. The van der Waals surface area contributed by atoms with E-state index in [0.717, 1.165) is 32.5 Å². The first kappa shape index (κ1) is 15.2. The lowest BCUT2D eigenvalue weighted by atomic mass is 9.86. The minimum absolute atomic E-state index is 0.221. The van der Waals surface area contributed by atoms with Gasteiger partial charge in [0.05, 0.1) is 0 Å². The lowest BCUT2D eigenvalue weighted by Gasteiger charge is -2.31. The molecule has 0 radical (unpaired) electrons. The van der Waals surface area contributed by atoms with Gasteiger partial charge >= 0.3 is 0 Å². The van der Waals surface area contributed by atoms with E-state index in [-0.39, 0.29) is 5.41 Å². The molecule has 1 aromatic rings. The Kier molecular flexibility index (Phi) is 4.64. The Bertz CT molecular complexity index is 447. The number of Topliss-reactive ketones (excluding diaryl/α,β-unsaturated/α-hetero) is 1. The van der Waals surface area contributed by atoms with Crippen molar-refractivity contribution in [2.75, 3.05) is 13.1 Å². The normalized spacial score (nSPS) is 18.2. The molecule has 1 aliphatic rings. The number of piperidine rings is 1. The van der Waals surface area contributed by atoms with Crippen molar-refractivity contribution in [2.45, 2.75) is 52.5 Å². The highest BCUT2D eigenvalue weighted by Gasteiger charge is 2.22. The molecule has 1 saturated heterocycles. The van der Waals surface area contributed by atoms with Gasteiger partial charge in [-0.25, -0.2) is 0 Å². The van der Waals surface area contributed by atoms with Crippen LogP contribution in [0.5, 0.6) is 0 Å². The number of likely N-dealkylation sites (tertiary alicyclic amines) is 1. The molecule has 2 nitrogen and oxygen atoms in total. The molecule has 0 atom stereocenters. The van der Waals surface area contributed by atoms with Gasteiger partial charge in [0.1, 0.15) is 5.78 Å². The van der Waals surface area contributed by atoms with Crippen LogP contribution in [-0.2, 0) is 16.8 Å². The van der Waals surface area contributed by atoms with Crippen LogP contribution in [0.15, 0.2) is 24.3 Å². The van der Waals surface area contributed by atoms with E-state index >= 15 is 0 Å². The molecule has 0 N–H and O–H groups in total. The number of rotatable bonds is 3. The molecule has 0 aromatic heterocycles. The van der Waals surface area contributed by atoms with Crippen LogP contribution in [0.25, 0.3) is 0 Å². The molecule has 110 valence electrons. The molecule has 0 spiro atoms.